The molecule has 26 heavy (non-hydrogen) atoms. The average molecular weight is 509 g/mol. The summed E-state index contributed by atoms with van der Waals surface area (Å²) in [5.41, 5.74) is -0.0606. The molecule has 0 aliphatic carbocycles. The van der Waals surface area contributed by atoms with Crippen LogP contribution >= 0.6 is 24.0 Å². The van der Waals surface area contributed by atoms with Gasteiger partial charge in [-0.25, -0.2) is 12.8 Å². The van der Waals surface area contributed by atoms with Gasteiger partial charge in [-0.3, -0.25) is 4.99 Å². The summed E-state index contributed by atoms with van der Waals surface area (Å²) in [7, 11) is -1.59. The van der Waals surface area contributed by atoms with Crippen molar-refractivity contribution in [1.82, 2.24) is 10.6 Å². The fraction of sp³-hybridized carbons (Fsp3) is 0.533. The Bertz CT molecular complexity index is 703. The number of ether oxygens (including phenoxy) is 1. The average Bonchev–Trinajstić information content (AvgIpc) is 2.50. The first-order valence-electron chi connectivity index (χ1n) is 7.49. The summed E-state index contributed by atoms with van der Waals surface area (Å²) in [4.78, 5) is 3.94. The molecule has 1 rings (SSSR count). The molecular formula is C15H23F3IN3O3S. The first-order valence-corrected chi connectivity index (χ1v) is 9.55. The fourth-order valence-electron chi connectivity index (χ4n) is 1.98. The van der Waals surface area contributed by atoms with Crippen molar-refractivity contribution < 1.29 is 26.3 Å². The predicted octanol–water partition coefficient (Wildman–Crippen LogP) is 2.53. The predicted molar refractivity (Wildman–Crippen MR) is 106 cm³/mol. The Kier molecular flexibility index (Phi) is 10.9. The summed E-state index contributed by atoms with van der Waals surface area (Å²) in [6.07, 6.45) is 1.51. The van der Waals surface area contributed by atoms with Gasteiger partial charge in [0.15, 0.2) is 5.96 Å². The van der Waals surface area contributed by atoms with Crippen molar-refractivity contribution in [2.24, 2.45) is 4.99 Å². The van der Waals surface area contributed by atoms with Crippen LogP contribution in [0.3, 0.4) is 0 Å². The van der Waals surface area contributed by atoms with E-state index in [-0.39, 0.29) is 59.6 Å². The van der Waals surface area contributed by atoms with Crippen LogP contribution in [-0.4, -0.2) is 46.1 Å². The number of guanidine groups is 1. The highest BCUT2D eigenvalue weighted by atomic mass is 127. The van der Waals surface area contributed by atoms with Crippen LogP contribution in [0, 0.1) is 5.82 Å². The minimum Gasteiger partial charge on any atom is -0.434 e. The van der Waals surface area contributed by atoms with E-state index in [2.05, 4.69) is 20.4 Å². The van der Waals surface area contributed by atoms with E-state index < -0.39 is 22.3 Å². The molecular weight excluding hydrogens is 486 g/mol. The monoisotopic (exact) mass is 509 g/mol. The molecule has 0 fully saturated rings. The van der Waals surface area contributed by atoms with Crippen LogP contribution in [0.25, 0.3) is 0 Å². The van der Waals surface area contributed by atoms with Gasteiger partial charge in [-0.2, -0.15) is 8.78 Å². The Balaban J connectivity index is 0.00000625. The zero-order chi connectivity index (χ0) is 19.0. The second kappa shape index (κ2) is 11.5. The van der Waals surface area contributed by atoms with Crippen molar-refractivity contribution >= 4 is 39.8 Å². The van der Waals surface area contributed by atoms with Crippen molar-refractivity contribution in [2.45, 2.75) is 32.5 Å². The standard InChI is InChI=1S/C15H22F3N3O3S.HI/c1-10(7-8-25(3,22)23)21-15(19-2)20-9-11-12(16)5-4-6-13(11)24-14(17)18;/h4-6,10,14H,7-9H2,1-3H3,(H2,19,20,21);1H. The number of halogens is 4. The maximum atomic E-state index is 13.9. The fourth-order valence-corrected chi connectivity index (χ4v) is 2.76. The van der Waals surface area contributed by atoms with Crippen molar-refractivity contribution in [3.8, 4) is 5.75 Å². The molecule has 0 aliphatic heterocycles. The summed E-state index contributed by atoms with van der Waals surface area (Å²) < 4.78 is 65.3. The largest absolute Gasteiger partial charge is 0.434 e. The van der Waals surface area contributed by atoms with Gasteiger partial charge in [0.2, 0.25) is 0 Å². The number of benzene rings is 1. The second-order valence-electron chi connectivity index (χ2n) is 5.48. The zero-order valence-corrected chi connectivity index (χ0v) is 17.8. The Morgan fingerprint density at radius 1 is 1.35 bits per heavy atom. The first-order chi connectivity index (χ1) is 11.6. The number of aliphatic imine (C=N–C) groups is 1. The summed E-state index contributed by atoms with van der Waals surface area (Å²) in [5, 5.41) is 5.74. The molecule has 6 nitrogen and oxygen atoms in total. The minimum atomic E-state index is -3.08. The lowest BCUT2D eigenvalue weighted by molar-refractivity contribution is -0.0506. The normalized spacial score (nSPS) is 13.1. The third kappa shape index (κ3) is 9.46. The lowest BCUT2D eigenvalue weighted by Crippen LogP contribution is -2.42. The minimum absolute atomic E-state index is 0. The molecule has 1 unspecified atom stereocenters. The Morgan fingerprint density at radius 2 is 2.00 bits per heavy atom. The third-order valence-electron chi connectivity index (χ3n) is 3.25. The Labute approximate surface area is 168 Å². The number of alkyl halides is 2. The van der Waals surface area contributed by atoms with Gasteiger partial charge >= 0.3 is 6.61 Å². The van der Waals surface area contributed by atoms with Crippen molar-refractivity contribution in [3.63, 3.8) is 0 Å². The van der Waals surface area contributed by atoms with E-state index in [1.807, 2.05) is 0 Å². The maximum Gasteiger partial charge on any atom is 0.387 e. The summed E-state index contributed by atoms with van der Waals surface area (Å²) in [6, 6.07) is 3.45. The second-order valence-corrected chi connectivity index (χ2v) is 7.74. The Hall–Kier alpha value is -1.24. The highest BCUT2D eigenvalue weighted by Crippen LogP contribution is 2.23. The van der Waals surface area contributed by atoms with Gasteiger partial charge in [0, 0.05) is 31.5 Å². The molecule has 0 aromatic heterocycles. The molecule has 150 valence electrons. The smallest absolute Gasteiger partial charge is 0.387 e. The van der Waals surface area contributed by atoms with Gasteiger partial charge in [-0.05, 0) is 25.5 Å². The molecule has 1 atom stereocenters. The SMILES string of the molecule is CN=C(NCc1c(F)cccc1OC(F)F)NC(C)CCS(C)(=O)=O.I. The van der Waals surface area contributed by atoms with Crippen molar-refractivity contribution in [2.75, 3.05) is 19.1 Å². The molecule has 11 heteroatoms. The van der Waals surface area contributed by atoms with Crippen molar-refractivity contribution in [3.05, 3.63) is 29.6 Å². The topological polar surface area (TPSA) is 79.8 Å². The lowest BCUT2D eigenvalue weighted by atomic mass is 10.2. The molecule has 0 radical (unpaired) electrons. The number of nitrogens with one attached hydrogen (secondary N) is 2. The number of nitrogens with zero attached hydrogens (tertiary/aromatic N) is 1. The van der Waals surface area contributed by atoms with Gasteiger partial charge in [0.25, 0.3) is 0 Å². The lowest BCUT2D eigenvalue weighted by Gasteiger charge is -2.18. The van der Waals surface area contributed by atoms with Crippen LogP contribution in [0.5, 0.6) is 5.75 Å². The van der Waals surface area contributed by atoms with Crippen LogP contribution < -0.4 is 15.4 Å². The Morgan fingerprint density at radius 3 is 2.54 bits per heavy atom. The van der Waals surface area contributed by atoms with Crippen LogP contribution in [-0.2, 0) is 16.4 Å². The molecule has 0 spiro atoms. The van der Waals surface area contributed by atoms with Crippen LogP contribution in [0.15, 0.2) is 23.2 Å². The van der Waals surface area contributed by atoms with Gasteiger partial charge < -0.3 is 15.4 Å². The number of rotatable bonds is 8. The first kappa shape index (κ1) is 24.8. The summed E-state index contributed by atoms with van der Waals surface area (Å²) in [6.45, 7) is -1.42. The molecule has 0 bridgehead atoms. The molecule has 0 heterocycles. The maximum absolute atomic E-state index is 13.9. The van der Waals surface area contributed by atoms with E-state index in [1.165, 1.54) is 19.2 Å². The van der Waals surface area contributed by atoms with Crippen LogP contribution in [0.2, 0.25) is 0 Å². The molecule has 1 aromatic rings. The van der Waals surface area contributed by atoms with E-state index >= 15 is 0 Å². The summed E-state index contributed by atoms with van der Waals surface area (Å²) in [5.74, 6) is -0.653. The quantitative estimate of drug-likeness (QED) is 0.320. The number of hydrogen-bond acceptors (Lipinski definition) is 4. The van der Waals surface area contributed by atoms with E-state index in [4.69, 9.17) is 0 Å². The van der Waals surface area contributed by atoms with Crippen molar-refractivity contribution in [1.29, 1.82) is 0 Å². The highest BCUT2D eigenvalue weighted by molar-refractivity contribution is 14.0. The van der Waals surface area contributed by atoms with E-state index in [9.17, 15) is 21.6 Å². The van der Waals surface area contributed by atoms with E-state index in [0.717, 1.165) is 12.3 Å². The molecule has 0 saturated heterocycles. The van der Waals surface area contributed by atoms with Crippen LogP contribution in [0.1, 0.15) is 18.9 Å². The van der Waals surface area contributed by atoms with Crippen LogP contribution in [0.4, 0.5) is 13.2 Å². The van der Waals surface area contributed by atoms with Gasteiger partial charge in [0.1, 0.15) is 21.4 Å². The number of hydrogen-bond donors (Lipinski definition) is 2. The van der Waals surface area contributed by atoms with Gasteiger partial charge in [0.05, 0.1) is 5.75 Å². The third-order valence-corrected chi connectivity index (χ3v) is 4.23. The summed E-state index contributed by atoms with van der Waals surface area (Å²) >= 11 is 0. The van der Waals surface area contributed by atoms with E-state index in [1.54, 1.807) is 6.92 Å². The molecule has 1 aromatic carbocycles. The van der Waals surface area contributed by atoms with Gasteiger partial charge in [-0.1, -0.05) is 6.07 Å². The zero-order valence-electron chi connectivity index (χ0n) is 14.6. The molecule has 0 aliphatic rings. The molecule has 0 amide bonds. The number of sulfone groups is 1. The van der Waals surface area contributed by atoms with E-state index in [0.29, 0.717) is 6.42 Å². The molecule has 2 N–H and O–H groups in total. The highest BCUT2D eigenvalue weighted by Gasteiger charge is 2.15. The van der Waals surface area contributed by atoms with Gasteiger partial charge in [-0.15, -0.1) is 24.0 Å². The molecule has 0 saturated carbocycles.